The second kappa shape index (κ2) is 8.37. The average Bonchev–Trinajstić information content (AvgIpc) is 3.24. The molecule has 0 atom stereocenters. The van der Waals surface area contributed by atoms with E-state index >= 15 is 0 Å². The molecule has 2 aromatic carbocycles. The number of pyridine rings is 1. The molecule has 0 radical (unpaired) electrons. The molecule has 0 bridgehead atoms. The Balaban J connectivity index is 1.43. The van der Waals surface area contributed by atoms with Crippen LogP contribution < -0.4 is 4.74 Å². The first-order chi connectivity index (χ1) is 15.6. The number of benzene rings is 2. The Morgan fingerprint density at radius 2 is 1.66 bits per heavy atom. The van der Waals surface area contributed by atoms with Gasteiger partial charge in [0.2, 0.25) is 10.0 Å². The van der Waals surface area contributed by atoms with Crippen LogP contribution in [-0.4, -0.2) is 47.5 Å². The number of hydrogen-bond acceptors (Lipinski definition) is 5. The molecule has 0 spiro atoms. The molecule has 0 aliphatic carbocycles. The molecule has 0 saturated carbocycles. The predicted octanol–water partition coefficient (Wildman–Crippen LogP) is 4.13. The summed E-state index contributed by atoms with van der Waals surface area (Å²) in [5.74, 6) is 1.51. The maximum Gasteiger partial charge on any atom is 0.243 e. The quantitative estimate of drug-likeness (QED) is 0.459. The zero-order valence-corrected chi connectivity index (χ0v) is 18.6. The van der Waals surface area contributed by atoms with Crippen LogP contribution >= 0.6 is 0 Å². The van der Waals surface area contributed by atoms with Gasteiger partial charge in [-0.15, -0.1) is 0 Å². The first-order valence-electron chi connectivity index (χ1n) is 10.6. The number of methoxy groups -OCH3 is 1. The van der Waals surface area contributed by atoms with Crippen molar-refractivity contribution in [2.45, 2.75) is 23.8 Å². The summed E-state index contributed by atoms with van der Waals surface area (Å²) in [7, 11) is -1.98. The SMILES string of the molecule is COc1ccc(S(=O)(=O)N2CCC(n3c(-c4ccccc4)nc4cccnc43)CC2)cc1. The molecule has 1 aliphatic heterocycles. The maximum atomic E-state index is 13.1. The number of rotatable bonds is 5. The Bertz CT molecular complexity index is 1330. The summed E-state index contributed by atoms with van der Waals surface area (Å²) >= 11 is 0. The lowest BCUT2D eigenvalue weighted by Crippen LogP contribution is -2.39. The minimum atomic E-state index is -3.55. The van der Waals surface area contributed by atoms with E-state index in [2.05, 4.69) is 9.55 Å². The molecule has 1 saturated heterocycles. The highest BCUT2D eigenvalue weighted by Crippen LogP contribution is 2.34. The topological polar surface area (TPSA) is 77.3 Å². The van der Waals surface area contributed by atoms with Crippen LogP contribution in [0.3, 0.4) is 0 Å². The molecule has 7 nitrogen and oxygen atoms in total. The lowest BCUT2D eigenvalue weighted by Gasteiger charge is -2.32. The van der Waals surface area contributed by atoms with Gasteiger partial charge in [-0.1, -0.05) is 30.3 Å². The summed E-state index contributed by atoms with van der Waals surface area (Å²) in [6.07, 6.45) is 3.16. The third-order valence-corrected chi connectivity index (χ3v) is 7.88. The molecule has 5 rings (SSSR count). The average molecular weight is 449 g/mol. The summed E-state index contributed by atoms with van der Waals surface area (Å²) in [6.45, 7) is 0.888. The van der Waals surface area contributed by atoms with Crippen LogP contribution in [0.5, 0.6) is 5.75 Å². The molecular weight excluding hydrogens is 424 g/mol. The second-order valence-corrected chi connectivity index (χ2v) is 9.77. The minimum absolute atomic E-state index is 0.118. The molecule has 3 heterocycles. The van der Waals surface area contributed by atoms with Crippen LogP contribution in [-0.2, 0) is 10.0 Å². The number of aromatic nitrogens is 3. The van der Waals surface area contributed by atoms with Gasteiger partial charge in [-0.2, -0.15) is 4.31 Å². The van der Waals surface area contributed by atoms with Crippen molar-refractivity contribution in [2.24, 2.45) is 0 Å². The monoisotopic (exact) mass is 448 g/mol. The van der Waals surface area contributed by atoms with Gasteiger partial charge in [0.25, 0.3) is 0 Å². The first kappa shape index (κ1) is 20.7. The molecule has 1 fully saturated rings. The van der Waals surface area contributed by atoms with Gasteiger partial charge in [0.15, 0.2) is 5.65 Å². The summed E-state index contributed by atoms with van der Waals surface area (Å²) in [5.41, 5.74) is 2.71. The number of hydrogen-bond donors (Lipinski definition) is 0. The number of fused-ring (bicyclic) bond motifs is 1. The Morgan fingerprint density at radius 1 is 0.938 bits per heavy atom. The Hall–Kier alpha value is -3.23. The van der Waals surface area contributed by atoms with Gasteiger partial charge in [0.05, 0.1) is 12.0 Å². The molecule has 0 unspecified atom stereocenters. The van der Waals surface area contributed by atoms with Crippen LogP contribution in [0, 0.1) is 0 Å². The smallest absolute Gasteiger partial charge is 0.243 e. The van der Waals surface area contributed by atoms with Crippen molar-refractivity contribution < 1.29 is 13.2 Å². The van der Waals surface area contributed by atoms with Gasteiger partial charge < -0.3 is 9.30 Å². The fourth-order valence-corrected chi connectivity index (χ4v) is 5.77. The van der Waals surface area contributed by atoms with Gasteiger partial charge in [-0.25, -0.2) is 18.4 Å². The van der Waals surface area contributed by atoms with E-state index in [1.54, 1.807) is 41.9 Å². The van der Waals surface area contributed by atoms with Crippen LogP contribution in [0.2, 0.25) is 0 Å². The molecule has 164 valence electrons. The fourth-order valence-electron chi connectivity index (χ4n) is 4.30. The van der Waals surface area contributed by atoms with E-state index in [1.165, 1.54) is 0 Å². The lowest BCUT2D eigenvalue weighted by molar-refractivity contribution is 0.278. The third kappa shape index (κ3) is 3.65. The van der Waals surface area contributed by atoms with Crippen LogP contribution in [0.25, 0.3) is 22.6 Å². The summed E-state index contributed by atoms with van der Waals surface area (Å²) in [4.78, 5) is 9.73. The van der Waals surface area contributed by atoms with E-state index in [4.69, 9.17) is 9.72 Å². The van der Waals surface area contributed by atoms with E-state index in [0.717, 1.165) is 22.6 Å². The lowest BCUT2D eigenvalue weighted by atomic mass is 10.1. The van der Waals surface area contributed by atoms with Crippen molar-refractivity contribution in [1.82, 2.24) is 18.8 Å². The van der Waals surface area contributed by atoms with E-state index in [1.807, 2.05) is 42.5 Å². The Morgan fingerprint density at radius 3 is 2.34 bits per heavy atom. The number of ether oxygens (including phenoxy) is 1. The van der Waals surface area contributed by atoms with E-state index < -0.39 is 10.0 Å². The third-order valence-electron chi connectivity index (χ3n) is 5.97. The fraction of sp³-hybridized carbons (Fsp3) is 0.250. The van der Waals surface area contributed by atoms with Gasteiger partial charge in [0, 0.05) is 30.9 Å². The molecule has 1 aliphatic rings. The number of imidazole rings is 1. The molecular formula is C24H24N4O3S. The minimum Gasteiger partial charge on any atom is -0.497 e. The van der Waals surface area contributed by atoms with Gasteiger partial charge in [-0.05, 0) is 49.2 Å². The van der Waals surface area contributed by atoms with Gasteiger partial charge in [0.1, 0.15) is 17.1 Å². The van der Waals surface area contributed by atoms with Crippen molar-refractivity contribution in [3.05, 3.63) is 72.9 Å². The highest BCUT2D eigenvalue weighted by molar-refractivity contribution is 7.89. The van der Waals surface area contributed by atoms with Crippen LogP contribution in [0.15, 0.2) is 77.8 Å². The van der Waals surface area contributed by atoms with Crippen LogP contribution in [0.4, 0.5) is 0 Å². The van der Waals surface area contributed by atoms with Crippen molar-refractivity contribution in [3.63, 3.8) is 0 Å². The largest absolute Gasteiger partial charge is 0.497 e. The Kier molecular flexibility index (Phi) is 5.40. The molecule has 32 heavy (non-hydrogen) atoms. The summed E-state index contributed by atoms with van der Waals surface area (Å²) in [5, 5.41) is 0. The highest BCUT2D eigenvalue weighted by Gasteiger charge is 2.32. The standard InChI is InChI=1S/C24H24N4O3S/c1-31-20-9-11-21(12-10-20)32(29,30)27-16-13-19(14-17-27)28-23(18-6-3-2-4-7-18)26-22-8-5-15-25-24(22)28/h2-12,15,19H,13-14,16-17H2,1H3. The zero-order chi connectivity index (χ0) is 22.1. The normalized spacial score (nSPS) is 15.8. The molecule has 8 heteroatoms. The van der Waals surface area contributed by atoms with Crippen molar-refractivity contribution in [2.75, 3.05) is 20.2 Å². The van der Waals surface area contributed by atoms with Gasteiger partial charge in [-0.3, -0.25) is 0 Å². The summed E-state index contributed by atoms with van der Waals surface area (Å²) in [6, 6.07) is 20.6. The molecule has 4 aromatic rings. The highest BCUT2D eigenvalue weighted by atomic mass is 32.2. The number of sulfonamides is 1. The summed E-state index contributed by atoms with van der Waals surface area (Å²) < 4.78 is 35.2. The maximum absolute atomic E-state index is 13.1. The molecule has 0 N–H and O–H groups in total. The zero-order valence-electron chi connectivity index (χ0n) is 17.8. The predicted molar refractivity (Wildman–Crippen MR) is 123 cm³/mol. The van der Waals surface area contributed by atoms with E-state index in [0.29, 0.717) is 31.7 Å². The van der Waals surface area contributed by atoms with Gasteiger partial charge >= 0.3 is 0 Å². The van der Waals surface area contributed by atoms with E-state index in [9.17, 15) is 8.42 Å². The van der Waals surface area contributed by atoms with Crippen LogP contribution in [0.1, 0.15) is 18.9 Å². The first-order valence-corrected chi connectivity index (χ1v) is 12.0. The number of nitrogens with zero attached hydrogens (tertiary/aromatic N) is 4. The Labute approximate surface area is 187 Å². The van der Waals surface area contributed by atoms with Crippen molar-refractivity contribution in [3.8, 4) is 17.1 Å². The number of piperidine rings is 1. The molecule has 0 amide bonds. The van der Waals surface area contributed by atoms with Crippen molar-refractivity contribution in [1.29, 1.82) is 0 Å². The molecule has 2 aromatic heterocycles. The van der Waals surface area contributed by atoms with Crippen molar-refractivity contribution >= 4 is 21.2 Å². The second-order valence-electron chi connectivity index (χ2n) is 7.83. The van der Waals surface area contributed by atoms with E-state index in [-0.39, 0.29) is 10.9 Å².